The van der Waals surface area contributed by atoms with Crippen LogP contribution in [0.2, 0.25) is 5.02 Å². The normalized spacial score (nSPS) is 26.5. The molecule has 0 amide bonds. The fraction of sp³-hybridized carbons (Fsp3) is 0.562. The van der Waals surface area contributed by atoms with Crippen LogP contribution in [0.1, 0.15) is 24.8 Å². The highest BCUT2D eigenvalue weighted by atomic mass is 35.5. The zero-order valence-electron chi connectivity index (χ0n) is 12.4. The molecule has 2 atom stereocenters. The van der Waals surface area contributed by atoms with Gasteiger partial charge in [-0.25, -0.2) is 0 Å². The van der Waals surface area contributed by atoms with Crippen LogP contribution in [-0.2, 0) is 0 Å². The fourth-order valence-electron chi connectivity index (χ4n) is 3.89. The Morgan fingerprint density at radius 3 is 2.90 bits per heavy atom. The van der Waals surface area contributed by atoms with Crippen molar-refractivity contribution in [2.75, 3.05) is 31.6 Å². The average molecular weight is 324 g/mol. The number of nitrogens with two attached hydrogens (primary N) is 1. The third-order valence-corrected chi connectivity index (χ3v) is 5.44. The van der Waals surface area contributed by atoms with Gasteiger partial charge in [-0.2, -0.15) is 0 Å². The van der Waals surface area contributed by atoms with Gasteiger partial charge in [0.15, 0.2) is 0 Å². The number of piperidine rings is 2. The van der Waals surface area contributed by atoms with E-state index < -0.39 is 0 Å². The van der Waals surface area contributed by atoms with Crippen LogP contribution in [-0.4, -0.2) is 42.6 Å². The fourth-order valence-corrected chi connectivity index (χ4v) is 4.43. The van der Waals surface area contributed by atoms with Gasteiger partial charge in [0.1, 0.15) is 4.99 Å². The molecular weight excluding hydrogens is 302 g/mol. The number of fused-ring (bicyclic) bond motifs is 1. The topological polar surface area (TPSA) is 32.5 Å². The minimum atomic E-state index is 0.387. The molecule has 0 bridgehead atoms. The number of anilines is 1. The number of rotatable bonds is 2. The van der Waals surface area contributed by atoms with Crippen molar-refractivity contribution in [3.05, 3.63) is 28.8 Å². The Hall–Kier alpha value is -0.840. The molecule has 3 rings (SSSR count). The number of hydrogen-bond acceptors (Lipinski definition) is 3. The maximum Gasteiger partial charge on any atom is 0.107 e. The molecule has 5 heteroatoms. The summed E-state index contributed by atoms with van der Waals surface area (Å²) >= 11 is 11.5. The summed E-state index contributed by atoms with van der Waals surface area (Å²) in [7, 11) is 2.26. The van der Waals surface area contributed by atoms with Gasteiger partial charge in [0, 0.05) is 24.8 Å². The summed E-state index contributed by atoms with van der Waals surface area (Å²) in [6, 6.07) is 6.66. The summed E-state index contributed by atoms with van der Waals surface area (Å²) in [5.74, 6) is 0.732. The number of nitrogens with zero attached hydrogens (tertiary/aromatic N) is 2. The van der Waals surface area contributed by atoms with Crippen molar-refractivity contribution >= 4 is 34.5 Å². The van der Waals surface area contributed by atoms with E-state index in [2.05, 4.69) is 22.9 Å². The lowest BCUT2D eigenvalue weighted by molar-refractivity contribution is 0.102. The van der Waals surface area contributed by atoms with E-state index in [1.165, 1.54) is 25.8 Å². The summed E-state index contributed by atoms with van der Waals surface area (Å²) in [6.07, 6.45) is 3.81. The SMILES string of the molecule is CN1CCCC2CN(c3cccc(Cl)c3C(N)=S)CCC21. The van der Waals surface area contributed by atoms with Crippen LogP contribution in [0.25, 0.3) is 0 Å². The van der Waals surface area contributed by atoms with Gasteiger partial charge in [0.25, 0.3) is 0 Å². The highest BCUT2D eigenvalue weighted by molar-refractivity contribution is 7.80. The molecule has 2 saturated heterocycles. The second-order valence-corrected chi connectivity index (χ2v) is 7.03. The van der Waals surface area contributed by atoms with Gasteiger partial charge in [-0.3, -0.25) is 0 Å². The Kier molecular flexibility index (Phi) is 4.38. The smallest absolute Gasteiger partial charge is 0.107 e. The summed E-state index contributed by atoms with van der Waals surface area (Å²) in [6.45, 7) is 3.35. The lowest BCUT2D eigenvalue weighted by Gasteiger charge is -2.47. The molecule has 2 heterocycles. The van der Waals surface area contributed by atoms with Crippen LogP contribution in [0, 0.1) is 5.92 Å². The van der Waals surface area contributed by atoms with Crippen LogP contribution < -0.4 is 10.6 Å². The Labute approximate surface area is 137 Å². The van der Waals surface area contributed by atoms with Gasteiger partial charge in [0.2, 0.25) is 0 Å². The van der Waals surface area contributed by atoms with E-state index in [4.69, 9.17) is 29.6 Å². The number of thiocarbonyl (C=S) groups is 1. The molecule has 2 unspecified atom stereocenters. The maximum atomic E-state index is 6.30. The summed E-state index contributed by atoms with van der Waals surface area (Å²) < 4.78 is 0. The van der Waals surface area contributed by atoms with E-state index in [-0.39, 0.29) is 0 Å². The first-order chi connectivity index (χ1) is 10.1. The van der Waals surface area contributed by atoms with Gasteiger partial charge < -0.3 is 15.5 Å². The zero-order valence-corrected chi connectivity index (χ0v) is 14.0. The Bertz CT molecular complexity index is 548. The Morgan fingerprint density at radius 1 is 1.33 bits per heavy atom. The predicted octanol–water partition coefficient (Wildman–Crippen LogP) is 2.89. The first-order valence-electron chi connectivity index (χ1n) is 7.61. The lowest BCUT2D eigenvalue weighted by Crippen LogP contribution is -2.53. The molecule has 0 spiro atoms. The Morgan fingerprint density at radius 2 is 2.14 bits per heavy atom. The lowest BCUT2D eigenvalue weighted by atomic mass is 9.84. The standard InChI is InChI=1S/C16H22ClN3S/c1-19-8-3-4-11-10-20(9-7-13(11)19)14-6-2-5-12(17)15(14)16(18)21/h2,5-6,11,13H,3-4,7-10H2,1H3,(H2,18,21). The van der Waals surface area contributed by atoms with Gasteiger partial charge in [-0.15, -0.1) is 0 Å². The van der Waals surface area contributed by atoms with E-state index in [1.54, 1.807) is 0 Å². The molecule has 2 aliphatic rings. The van der Waals surface area contributed by atoms with Crippen molar-refractivity contribution < 1.29 is 0 Å². The number of likely N-dealkylation sites (tertiary alicyclic amines) is 1. The average Bonchev–Trinajstić information content (AvgIpc) is 2.46. The molecule has 2 aliphatic heterocycles. The van der Waals surface area contributed by atoms with E-state index in [0.29, 0.717) is 10.0 Å². The quantitative estimate of drug-likeness (QED) is 0.848. The second kappa shape index (κ2) is 6.11. The maximum absolute atomic E-state index is 6.30. The molecule has 1 aromatic carbocycles. The second-order valence-electron chi connectivity index (χ2n) is 6.18. The summed E-state index contributed by atoms with van der Waals surface area (Å²) in [5.41, 5.74) is 7.82. The van der Waals surface area contributed by atoms with Crippen molar-refractivity contribution in [2.45, 2.75) is 25.3 Å². The number of hydrogen-bond donors (Lipinski definition) is 1. The van der Waals surface area contributed by atoms with E-state index in [9.17, 15) is 0 Å². The van der Waals surface area contributed by atoms with Crippen LogP contribution >= 0.6 is 23.8 Å². The first kappa shape index (κ1) is 15.1. The Balaban J connectivity index is 1.86. The molecule has 0 radical (unpaired) electrons. The molecule has 0 aromatic heterocycles. The highest BCUT2D eigenvalue weighted by Gasteiger charge is 2.35. The van der Waals surface area contributed by atoms with E-state index >= 15 is 0 Å². The van der Waals surface area contributed by atoms with E-state index in [0.717, 1.165) is 36.3 Å². The first-order valence-corrected chi connectivity index (χ1v) is 8.40. The van der Waals surface area contributed by atoms with Crippen LogP contribution in [0.3, 0.4) is 0 Å². The molecule has 114 valence electrons. The molecular formula is C16H22ClN3S. The molecule has 1 aromatic rings. The molecule has 0 saturated carbocycles. The third-order valence-electron chi connectivity index (χ3n) is 4.92. The monoisotopic (exact) mass is 323 g/mol. The van der Waals surface area contributed by atoms with E-state index in [1.807, 2.05) is 12.1 Å². The van der Waals surface area contributed by atoms with Gasteiger partial charge in [-0.1, -0.05) is 29.9 Å². The van der Waals surface area contributed by atoms with Crippen molar-refractivity contribution in [3.63, 3.8) is 0 Å². The molecule has 2 N–H and O–H groups in total. The molecule has 3 nitrogen and oxygen atoms in total. The van der Waals surface area contributed by atoms with Crippen LogP contribution in [0.15, 0.2) is 18.2 Å². The summed E-state index contributed by atoms with van der Waals surface area (Å²) in [4.78, 5) is 5.33. The van der Waals surface area contributed by atoms with Crippen LogP contribution in [0.4, 0.5) is 5.69 Å². The van der Waals surface area contributed by atoms with Crippen molar-refractivity contribution in [2.24, 2.45) is 11.7 Å². The molecule has 2 fully saturated rings. The van der Waals surface area contributed by atoms with Crippen molar-refractivity contribution in [3.8, 4) is 0 Å². The molecule has 0 aliphatic carbocycles. The number of benzene rings is 1. The van der Waals surface area contributed by atoms with Crippen molar-refractivity contribution in [1.82, 2.24) is 4.90 Å². The third kappa shape index (κ3) is 2.89. The number of halogens is 1. The zero-order chi connectivity index (χ0) is 15.0. The largest absolute Gasteiger partial charge is 0.389 e. The molecule has 21 heavy (non-hydrogen) atoms. The highest BCUT2D eigenvalue weighted by Crippen LogP contribution is 2.35. The van der Waals surface area contributed by atoms with Crippen LogP contribution in [0.5, 0.6) is 0 Å². The van der Waals surface area contributed by atoms with Gasteiger partial charge >= 0.3 is 0 Å². The van der Waals surface area contributed by atoms with Gasteiger partial charge in [0.05, 0.1) is 10.6 Å². The summed E-state index contributed by atoms with van der Waals surface area (Å²) in [5, 5.41) is 0.655. The van der Waals surface area contributed by atoms with Gasteiger partial charge in [-0.05, 0) is 50.9 Å². The van der Waals surface area contributed by atoms with Crippen molar-refractivity contribution in [1.29, 1.82) is 0 Å². The predicted molar refractivity (Wildman–Crippen MR) is 93.3 cm³/mol. The minimum absolute atomic E-state index is 0.387. The minimum Gasteiger partial charge on any atom is -0.389 e.